The lowest BCUT2D eigenvalue weighted by Gasteiger charge is -2.13. The Kier molecular flexibility index (Phi) is 6.16. The highest BCUT2D eigenvalue weighted by Gasteiger charge is 2.30. The van der Waals surface area contributed by atoms with Crippen LogP contribution in [-0.2, 0) is 22.3 Å². The molecule has 9 heteroatoms. The summed E-state index contributed by atoms with van der Waals surface area (Å²) < 4.78 is 37.4. The molecule has 2 amide bonds. The number of hydrogen-bond donors (Lipinski definition) is 3. The van der Waals surface area contributed by atoms with Crippen molar-refractivity contribution < 1.29 is 27.9 Å². The van der Waals surface area contributed by atoms with Crippen molar-refractivity contribution in [3.63, 3.8) is 0 Å². The van der Waals surface area contributed by atoms with Crippen LogP contribution in [-0.4, -0.2) is 23.5 Å². The van der Waals surface area contributed by atoms with E-state index in [4.69, 9.17) is 0 Å². The fourth-order valence-corrected chi connectivity index (χ4v) is 2.59. The van der Waals surface area contributed by atoms with E-state index >= 15 is 0 Å². The van der Waals surface area contributed by atoms with Gasteiger partial charge in [-0.15, -0.1) is 11.3 Å². The van der Waals surface area contributed by atoms with Gasteiger partial charge < -0.3 is 15.7 Å². The number of amides is 2. The molecule has 1 aromatic carbocycles. The minimum atomic E-state index is -4.46. The van der Waals surface area contributed by atoms with Gasteiger partial charge in [0.05, 0.1) is 18.2 Å². The number of alkyl halides is 3. The molecule has 3 N–H and O–H groups in total. The highest BCUT2D eigenvalue weighted by molar-refractivity contribution is 7.09. The van der Waals surface area contributed by atoms with E-state index in [2.05, 4.69) is 10.6 Å². The molecule has 0 fully saturated rings. The number of rotatable bonds is 5. The van der Waals surface area contributed by atoms with Gasteiger partial charge in [0.1, 0.15) is 0 Å². The summed E-state index contributed by atoms with van der Waals surface area (Å²) >= 11 is 1.43. The standard InChI is InChI=1S/C16H15F3N2O3S/c17-16(18,19)11-5-3-10(4-6-11)13(22)9-21-15(24)14(23)20-8-12-2-1-7-25-12/h1-7,13,22H,8-9H2,(H,20,23)(H,21,24). The first-order valence-electron chi connectivity index (χ1n) is 7.21. The van der Waals surface area contributed by atoms with E-state index in [-0.39, 0.29) is 18.7 Å². The molecule has 5 nitrogen and oxygen atoms in total. The molecular weight excluding hydrogens is 357 g/mol. The normalized spacial score (nSPS) is 12.5. The van der Waals surface area contributed by atoms with Crippen LogP contribution < -0.4 is 10.6 Å². The molecule has 1 heterocycles. The third-order valence-electron chi connectivity index (χ3n) is 3.29. The van der Waals surface area contributed by atoms with Crippen LogP contribution in [0.2, 0.25) is 0 Å². The monoisotopic (exact) mass is 372 g/mol. The zero-order chi connectivity index (χ0) is 18.4. The minimum Gasteiger partial charge on any atom is -0.387 e. The van der Waals surface area contributed by atoms with Crippen LogP contribution in [0.1, 0.15) is 22.1 Å². The first-order chi connectivity index (χ1) is 11.8. The van der Waals surface area contributed by atoms with Crippen LogP contribution in [0.15, 0.2) is 41.8 Å². The molecule has 0 saturated carbocycles. The van der Waals surface area contributed by atoms with E-state index in [0.29, 0.717) is 0 Å². The fraction of sp³-hybridized carbons (Fsp3) is 0.250. The number of carbonyl (C=O) groups is 2. The smallest absolute Gasteiger partial charge is 0.387 e. The second-order valence-electron chi connectivity index (χ2n) is 5.11. The summed E-state index contributed by atoms with van der Waals surface area (Å²) in [6.45, 7) is -0.0814. The number of thiophene rings is 1. The number of carbonyl (C=O) groups excluding carboxylic acids is 2. The second kappa shape index (κ2) is 8.13. The molecule has 0 spiro atoms. The van der Waals surface area contributed by atoms with Crippen molar-refractivity contribution in [2.75, 3.05) is 6.54 Å². The molecule has 0 aliphatic carbocycles. The maximum absolute atomic E-state index is 12.5. The summed E-state index contributed by atoms with van der Waals surface area (Å²) in [5.41, 5.74) is -0.632. The second-order valence-corrected chi connectivity index (χ2v) is 6.14. The average molecular weight is 372 g/mol. The molecule has 1 unspecified atom stereocenters. The van der Waals surface area contributed by atoms with Crippen molar-refractivity contribution in [2.24, 2.45) is 0 Å². The molecule has 134 valence electrons. The molecule has 25 heavy (non-hydrogen) atoms. The average Bonchev–Trinajstić information content (AvgIpc) is 3.10. The zero-order valence-electron chi connectivity index (χ0n) is 12.8. The Morgan fingerprint density at radius 3 is 2.28 bits per heavy atom. The van der Waals surface area contributed by atoms with Crippen molar-refractivity contribution in [3.8, 4) is 0 Å². The van der Waals surface area contributed by atoms with E-state index < -0.39 is 29.7 Å². The Labute approximate surface area is 145 Å². The van der Waals surface area contributed by atoms with Gasteiger partial charge in [-0.25, -0.2) is 0 Å². The molecule has 2 rings (SSSR count). The molecule has 2 aromatic rings. The quantitative estimate of drug-likeness (QED) is 0.705. The molecule has 0 saturated heterocycles. The molecule has 1 atom stereocenters. The van der Waals surface area contributed by atoms with Crippen molar-refractivity contribution in [2.45, 2.75) is 18.8 Å². The van der Waals surface area contributed by atoms with E-state index in [0.717, 1.165) is 29.1 Å². The van der Waals surface area contributed by atoms with Crippen LogP contribution in [0.5, 0.6) is 0 Å². The van der Waals surface area contributed by atoms with Gasteiger partial charge in [0.15, 0.2) is 0 Å². The fourth-order valence-electron chi connectivity index (χ4n) is 1.94. The Hall–Kier alpha value is -2.39. The Morgan fingerprint density at radius 2 is 1.72 bits per heavy atom. The highest BCUT2D eigenvalue weighted by Crippen LogP contribution is 2.29. The predicted molar refractivity (Wildman–Crippen MR) is 85.6 cm³/mol. The lowest BCUT2D eigenvalue weighted by molar-refractivity contribution is -0.139. The minimum absolute atomic E-state index is 0.201. The van der Waals surface area contributed by atoms with Gasteiger partial charge in [-0.05, 0) is 29.1 Å². The molecule has 1 aromatic heterocycles. The van der Waals surface area contributed by atoms with Crippen LogP contribution in [0.25, 0.3) is 0 Å². The number of benzene rings is 1. The third-order valence-corrected chi connectivity index (χ3v) is 4.16. The van der Waals surface area contributed by atoms with Gasteiger partial charge in [-0.2, -0.15) is 13.2 Å². The SMILES string of the molecule is O=C(NCc1cccs1)C(=O)NCC(O)c1ccc(C(F)(F)F)cc1. The Bertz CT molecular complexity index is 715. The molecule has 0 aliphatic rings. The van der Waals surface area contributed by atoms with Crippen molar-refractivity contribution in [1.29, 1.82) is 0 Å². The number of aliphatic hydroxyl groups excluding tert-OH is 1. The summed E-state index contributed by atoms with van der Waals surface area (Å²) in [5, 5.41) is 16.4. The first kappa shape index (κ1) is 18.9. The lowest BCUT2D eigenvalue weighted by atomic mass is 10.1. The van der Waals surface area contributed by atoms with Crippen LogP contribution >= 0.6 is 11.3 Å². The summed E-state index contributed by atoms with van der Waals surface area (Å²) in [5.74, 6) is -1.78. The van der Waals surface area contributed by atoms with Gasteiger partial charge in [0.2, 0.25) is 0 Å². The topological polar surface area (TPSA) is 78.4 Å². The summed E-state index contributed by atoms with van der Waals surface area (Å²) in [6.07, 6.45) is -5.69. The predicted octanol–water partition coefficient (Wildman–Crippen LogP) is 2.23. The van der Waals surface area contributed by atoms with E-state index in [9.17, 15) is 27.9 Å². The maximum Gasteiger partial charge on any atom is 0.416 e. The summed E-state index contributed by atoms with van der Waals surface area (Å²) in [6, 6.07) is 7.54. The van der Waals surface area contributed by atoms with Crippen molar-refractivity contribution >= 4 is 23.2 Å². The van der Waals surface area contributed by atoms with Crippen LogP contribution in [0, 0.1) is 0 Å². The van der Waals surface area contributed by atoms with E-state index in [1.165, 1.54) is 11.3 Å². The van der Waals surface area contributed by atoms with Crippen LogP contribution in [0.3, 0.4) is 0 Å². The number of hydrogen-bond acceptors (Lipinski definition) is 4. The van der Waals surface area contributed by atoms with E-state index in [1.54, 1.807) is 6.07 Å². The lowest BCUT2D eigenvalue weighted by Crippen LogP contribution is -2.41. The van der Waals surface area contributed by atoms with Gasteiger partial charge in [-0.3, -0.25) is 9.59 Å². The summed E-state index contributed by atoms with van der Waals surface area (Å²) in [4.78, 5) is 24.1. The molecule has 0 radical (unpaired) electrons. The molecule has 0 bridgehead atoms. The number of nitrogens with one attached hydrogen (secondary N) is 2. The van der Waals surface area contributed by atoms with Gasteiger partial charge in [0, 0.05) is 11.4 Å². The Morgan fingerprint density at radius 1 is 1.08 bits per heavy atom. The first-order valence-corrected chi connectivity index (χ1v) is 8.09. The van der Waals surface area contributed by atoms with E-state index in [1.807, 2.05) is 11.4 Å². The van der Waals surface area contributed by atoms with Gasteiger partial charge in [-0.1, -0.05) is 18.2 Å². The number of halogens is 3. The van der Waals surface area contributed by atoms with Crippen molar-refractivity contribution in [3.05, 3.63) is 57.8 Å². The van der Waals surface area contributed by atoms with Gasteiger partial charge in [0.25, 0.3) is 0 Å². The largest absolute Gasteiger partial charge is 0.416 e. The van der Waals surface area contributed by atoms with Crippen molar-refractivity contribution in [1.82, 2.24) is 10.6 Å². The molecule has 0 aliphatic heterocycles. The maximum atomic E-state index is 12.5. The third kappa shape index (κ3) is 5.57. The van der Waals surface area contributed by atoms with Gasteiger partial charge >= 0.3 is 18.0 Å². The van der Waals surface area contributed by atoms with Crippen LogP contribution in [0.4, 0.5) is 13.2 Å². The summed E-state index contributed by atoms with van der Waals surface area (Å²) in [7, 11) is 0. The highest BCUT2D eigenvalue weighted by atomic mass is 32.1. The zero-order valence-corrected chi connectivity index (χ0v) is 13.7. The molecular formula is C16H15F3N2O3S. The number of aliphatic hydroxyl groups is 1. The Balaban J connectivity index is 1.81.